The van der Waals surface area contributed by atoms with Crippen LogP contribution in [0.2, 0.25) is 0 Å². The van der Waals surface area contributed by atoms with Crippen molar-refractivity contribution in [3.63, 3.8) is 0 Å². The molecule has 2 aromatic heterocycles. The molecule has 2 heterocycles. The molecular weight excluding hydrogens is 303 g/mol. The predicted octanol–water partition coefficient (Wildman–Crippen LogP) is 3.88. The minimum atomic E-state index is -0.232. The van der Waals surface area contributed by atoms with Crippen LogP contribution >= 0.6 is 0 Å². The van der Waals surface area contributed by atoms with Crippen molar-refractivity contribution < 1.29 is 4.39 Å². The Bertz CT molecular complexity index is 743. The maximum Gasteiger partial charge on any atom is 0.125 e. The molecule has 0 atom stereocenters. The molecule has 0 aliphatic heterocycles. The van der Waals surface area contributed by atoms with E-state index in [0.717, 1.165) is 30.0 Å². The molecule has 24 heavy (non-hydrogen) atoms. The van der Waals surface area contributed by atoms with E-state index >= 15 is 0 Å². The Morgan fingerprint density at radius 3 is 2.46 bits per heavy atom. The standard InChI is InChI=1S/C19H19FN4/c20-17-4-6-18(7-5-17)23-13-16-3-8-19(24-14-16)22-11-9-15-2-1-10-21-12-15/h1-8,10,12,14,23H,9,11,13H2,(H,22,24). The molecule has 2 N–H and O–H groups in total. The monoisotopic (exact) mass is 322 g/mol. The number of rotatable bonds is 7. The minimum Gasteiger partial charge on any atom is -0.381 e. The lowest BCUT2D eigenvalue weighted by Gasteiger charge is -2.08. The average molecular weight is 322 g/mol. The maximum absolute atomic E-state index is 12.9. The lowest BCUT2D eigenvalue weighted by atomic mass is 10.2. The third kappa shape index (κ3) is 4.78. The fraction of sp³-hybridized carbons (Fsp3) is 0.158. The van der Waals surface area contributed by atoms with E-state index in [1.807, 2.05) is 30.6 Å². The highest BCUT2D eigenvalue weighted by Gasteiger charge is 1.98. The SMILES string of the molecule is Fc1ccc(NCc2ccc(NCCc3cccnc3)nc2)cc1. The highest BCUT2D eigenvalue weighted by Crippen LogP contribution is 2.11. The first-order chi connectivity index (χ1) is 11.8. The van der Waals surface area contributed by atoms with Crippen LogP contribution in [-0.4, -0.2) is 16.5 Å². The summed E-state index contributed by atoms with van der Waals surface area (Å²) >= 11 is 0. The van der Waals surface area contributed by atoms with Crippen LogP contribution in [-0.2, 0) is 13.0 Å². The van der Waals surface area contributed by atoms with E-state index in [1.165, 1.54) is 17.7 Å². The summed E-state index contributed by atoms with van der Waals surface area (Å²) in [5, 5.41) is 6.54. The number of pyridine rings is 2. The Balaban J connectivity index is 1.45. The second-order valence-corrected chi connectivity index (χ2v) is 5.45. The van der Waals surface area contributed by atoms with Gasteiger partial charge in [0.25, 0.3) is 0 Å². The van der Waals surface area contributed by atoms with Gasteiger partial charge in [0.2, 0.25) is 0 Å². The molecule has 4 nitrogen and oxygen atoms in total. The van der Waals surface area contributed by atoms with Crippen molar-refractivity contribution >= 4 is 11.5 Å². The van der Waals surface area contributed by atoms with Crippen LogP contribution in [0.5, 0.6) is 0 Å². The summed E-state index contributed by atoms with van der Waals surface area (Å²) in [6, 6.07) is 14.3. The second kappa shape index (κ2) is 8.06. The number of nitrogens with zero attached hydrogens (tertiary/aromatic N) is 2. The zero-order valence-electron chi connectivity index (χ0n) is 13.2. The van der Waals surface area contributed by atoms with E-state index in [-0.39, 0.29) is 5.82 Å². The van der Waals surface area contributed by atoms with Gasteiger partial charge in [-0.25, -0.2) is 9.37 Å². The highest BCUT2D eigenvalue weighted by atomic mass is 19.1. The van der Waals surface area contributed by atoms with Crippen LogP contribution < -0.4 is 10.6 Å². The van der Waals surface area contributed by atoms with E-state index < -0.39 is 0 Å². The van der Waals surface area contributed by atoms with Gasteiger partial charge >= 0.3 is 0 Å². The van der Waals surface area contributed by atoms with Gasteiger partial charge in [0.15, 0.2) is 0 Å². The Kier molecular flexibility index (Phi) is 5.35. The largest absolute Gasteiger partial charge is 0.381 e. The second-order valence-electron chi connectivity index (χ2n) is 5.45. The van der Waals surface area contributed by atoms with Crippen LogP contribution in [0, 0.1) is 5.82 Å². The Hall–Kier alpha value is -2.95. The van der Waals surface area contributed by atoms with Crippen molar-refractivity contribution in [2.75, 3.05) is 17.2 Å². The third-order valence-electron chi connectivity index (χ3n) is 3.61. The zero-order chi connectivity index (χ0) is 16.6. The zero-order valence-corrected chi connectivity index (χ0v) is 13.2. The molecule has 0 aliphatic rings. The summed E-state index contributed by atoms with van der Waals surface area (Å²) in [5.41, 5.74) is 3.15. The fourth-order valence-electron chi connectivity index (χ4n) is 2.29. The first-order valence-corrected chi connectivity index (χ1v) is 7.87. The van der Waals surface area contributed by atoms with E-state index in [0.29, 0.717) is 6.54 Å². The van der Waals surface area contributed by atoms with Crippen LogP contribution in [0.15, 0.2) is 67.1 Å². The van der Waals surface area contributed by atoms with Gasteiger partial charge in [-0.1, -0.05) is 12.1 Å². The third-order valence-corrected chi connectivity index (χ3v) is 3.61. The topological polar surface area (TPSA) is 49.8 Å². The number of benzene rings is 1. The van der Waals surface area contributed by atoms with Gasteiger partial charge in [-0.2, -0.15) is 0 Å². The molecule has 0 fully saturated rings. The molecule has 0 saturated heterocycles. The summed E-state index contributed by atoms with van der Waals surface area (Å²) in [5.74, 6) is 0.619. The molecule has 0 bridgehead atoms. The molecule has 0 radical (unpaired) electrons. The highest BCUT2D eigenvalue weighted by molar-refractivity contribution is 5.44. The van der Waals surface area contributed by atoms with E-state index in [9.17, 15) is 4.39 Å². The first kappa shape index (κ1) is 15.9. The van der Waals surface area contributed by atoms with Crippen LogP contribution in [0.25, 0.3) is 0 Å². The van der Waals surface area contributed by atoms with Crippen molar-refractivity contribution in [3.8, 4) is 0 Å². The van der Waals surface area contributed by atoms with Gasteiger partial charge in [0, 0.05) is 37.4 Å². The molecule has 0 amide bonds. The normalized spacial score (nSPS) is 10.4. The number of halogens is 1. The molecule has 0 aliphatic carbocycles. The van der Waals surface area contributed by atoms with Gasteiger partial charge in [-0.05, 0) is 53.9 Å². The van der Waals surface area contributed by atoms with Crippen LogP contribution in [0.4, 0.5) is 15.9 Å². The Labute approximate surface area is 140 Å². The summed E-state index contributed by atoms with van der Waals surface area (Å²) in [4.78, 5) is 8.51. The minimum absolute atomic E-state index is 0.232. The summed E-state index contributed by atoms with van der Waals surface area (Å²) in [7, 11) is 0. The molecular formula is C19H19FN4. The summed E-state index contributed by atoms with van der Waals surface area (Å²) < 4.78 is 12.9. The Morgan fingerprint density at radius 2 is 1.75 bits per heavy atom. The molecule has 122 valence electrons. The molecule has 0 spiro atoms. The van der Waals surface area contributed by atoms with Crippen molar-refractivity contribution in [2.45, 2.75) is 13.0 Å². The number of hydrogen-bond acceptors (Lipinski definition) is 4. The number of nitrogens with one attached hydrogen (secondary N) is 2. The molecule has 3 rings (SSSR count). The molecule has 0 unspecified atom stereocenters. The van der Waals surface area contributed by atoms with Crippen molar-refractivity contribution in [1.82, 2.24) is 9.97 Å². The van der Waals surface area contributed by atoms with Crippen molar-refractivity contribution in [1.29, 1.82) is 0 Å². The van der Waals surface area contributed by atoms with E-state index in [1.54, 1.807) is 18.3 Å². The lowest BCUT2D eigenvalue weighted by molar-refractivity contribution is 0.628. The predicted molar refractivity (Wildman–Crippen MR) is 94.4 cm³/mol. The first-order valence-electron chi connectivity index (χ1n) is 7.87. The van der Waals surface area contributed by atoms with E-state index in [4.69, 9.17) is 0 Å². The summed E-state index contributed by atoms with van der Waals surface area (Å²) in [6.45, 7) is 1.46. The molecule has 0 saturated carbocycles. The quantitative estimate of drug-likeness (QED) is 0.693. The summed E-state index contributed by atoms with van der Waals surface area (Å²) in [6.07, 6.45) is 6.39. The van der Waals surface area contributed by atoms with Gasteiger partial charge in [0.05, 0.1) is 0 Å². The van der Waals surface area contributed by atoms with Crippen molar-refractivity contribution in [2.24, 2.45) is 0 Å². The van der Waals surface area contributed by atoms with E-state index in [2.05, 4.69) is 26.7 Å². The number of anilines is 2. The lowest BCUT2D eigenvalue weighted by Crippen LogP contribution is -2.07. The van der Waals surface area contributed by atoms with Gasteiger partial charge < -0.3 is 10.6 Å². The number of hydrogen-bond donors (Lipinski definition) is 2. The average Bonchev–Trinajstić information content (AvgIpc) is 2.63. The molecule has 1 aromatic carbocycles. The van der Waals surface area contributed by atoms with Crippen LogP contribution in [0.3, 0.4) is 0 Å². The van der Waals surface area contributed by atoms with Gasteiger partial charge in [-0.15, -0.1) is 0 Å². The maximum atomic E-state index is 12.9. The fourth-order valence-corrected chi connectivity index (χ4v) is 2.29. The van der Waals surface area contributed by atoms with Gasteiger partial charge in [0.1, 0.15) is 11.6 Å². The van der Waals surface area contributed by atoms with Crippen molar-refractivity contribution in [3.05, 3.63) is 84.1 Å². The Morgan fingerprint density at radius 1 is 0.875 bits per heavy atom. The molecule has 3 aromatic rings. The molecule has 5 heteroatoms. The van der Waals surface area contributed by atoms with Gasteiger partial charge in [-0.3, -0.25) is 4.98 Å². The number of aromatic nitrogens is 2. The smallest absolute Gasteiger partial charge is 0.125 e. The van der Waals surface area contributed by atoms with Crippen LogP contribution in [0.1, 0.15) is 11.1 Å².